The predicted octanol–water partition coefficient (Wildman–Crippen LogP) is 4.53. The summed E-state index contributed by atoms with van der Waals surface area (Å²) in [6.45, 7) is 6.47. The van der Waals surface area contributed by atoms with Crippen molar-refractivity contribution in [2.75, 3.05) is 4.90 Å². The number of nitrogens with zero attached hydrogens (tertiary/aromatic N) is 1. The maximum Gasteiger partial charge on any atom is 0.335 e. The molecule has 0 aliphatic carbocycles. The first kappa shape index (κ1) is 18.7. The lowest BCUT2D eigenvalue weighted by Crippen LogP contribution is -2.32. The van der Waals surface area contributed by atoms with Gasteiger partial charge in [0.05, 0.1) is 12.1 Å². The van der Waals surface area contributed by atoms with Gasteiger partial charge in [0.15, 0.2) is 0 Å². The van der Waals surface area contributed by atoms with Gasteiger partial charge in [-0.1, -0.05) is 51.1 Å². The average Bonchev–Trinajstić information content (AvgIpc) is 2.59. The minimum absolute atomic E-state index is 0.0524. The molecule has 0 fully saturated rings. The Morgan fingerprint density at radius 1 is 1.08 bits per heavy atom. The molecule has 4 heteroatoms. The highest BCUT2D eigenvalue weighted by atomic mass is 16.4. The van der Waals surface area contributed by atoms with Crippen molar-refractivity contribution >= 4 is 17.6 Å². The topological polar surface area (TPSA) is 57.6 Å². The number of carboxylic acids is 1. The van der Waals surface area contributed by atoms with Gasteiger partial charge in [-0.3, -0.25) is 4.79 Å². The van der Waals surface area contributed by atoms with Crippen LogP contribution in [-0.2, 0) is 17.8 Å². The summed E-state index contributed by atoms with van der Waals surface area (Å²) in [6, 6.07) is 14.7. The molecule has 4 nitrogen and oxygen atoms in total. The van der Waals surface area contributed by atoms with E-state index in [1.165, 1.54) is 0 Å². The number of anilines is 1. The number of para-hydroxylation sites is 1. The van der Waals surface area contributed by atoms with Gasteiger partial charge in [0.1, 0.15) is 0 Å². The monoisotopic (exact) mass is 339 g/mol. The molecule has 0 bridgehead atoms. The molecule has 0 saturated carbocycles. The third-order valence-corrected chi connectivity index (χ3v) is 4.06. The van der Waals surface area contributed by atoms with Crippen LogP contribution in [0.3, 0.4) is 0 Å². The molecule has 0 aliphatic rings. The van der Waals surface area contributed by atoms with Crippen LogP contribution in [0.4, 0.5) is 5.69 Å². The van der Waals surface area contributed by atoms with E-state index in [9.17, 15) is 14.7 Å². The number of carboxylic acid groups (broad SMARTS) is 1. The van der Waals surface area contributed by atoms with Gasteiger partial charge in [-0.15, -0.1) is 0 Å². The highest BCUT2D eigenvalue weighted by Crippen LogP contribution is 2.25. The summed E-state index contributed by atoms with van der Waals surface area (Å²) in [6.07, 6.45) is 1.29. The van der Waals surface area contributed by atoms with Gasteiger partial charge in [0.2, 0.25) is 5.91 Å². The Morgan fingerprint density at radius 2 is 1.80 bits per heavy atom. The van der Waals surface area contributed by atoms with Gasteiger partial charge in [0.25, 0.3) is 0 Å². The molecule has 25 heavy (non-hydrogen) atoms. The molecule has 0 unspecified atom stereocenters. The van der Waals surface area contributed by atoms with E-state index in [1.54, 1.807) is 23.1 Å². The van der Waals surface area contributed by atoms with Crippen LogP contribution in [0.25, 0.3) is 0 Å². The van der Waals surface area contributed by atoms with E-state index >= 15 is 0 Å². The number of hydrogen-bond acceptors (Lipinski definition) is 2. The molecule has 1 amide bonds. The van der Waals surface area contributed by atoms with Crippen LogP contribution in [0, 0.1) is 5.92 Å². The number of carbonyl (C=O) groups excluding carboxylic acids is 1. The SMILES string of the molecule is CCc1ccccc1N(Cc1cccc(C(=O)O)c1)C(=O)CC(C)C. The third-order valence-electron chi connectivity index (χ3n) is 4.06. The van der Waals surface area contributed by atoms with Crippen molar-refractivity contribution in [1.29, 1.82) is 0 Å². The van der Waals surface area contributed by atoms with Crippen LogP contribution in [0.2, 0.25) is 0 Å². The second-order valence-corrected chi connectivity index (χ2v) is 6.57. The lowest BCUT2D eigenvalue weighted by Gasteiger charge is -2.26. The standard InChI is InChI=1S/C21H25NO3/c1-4-17-9-5-6-11-19(17)22(20(23)12-15(2)3)14-16-8-7-10-18(13-16)21(24)25/h5-11,13,15H,4,12,14H2,1-3H3,(H,24,25). The Morgan fingerprint density at radius 3 is 2.44 bits per heavy atom. The molecule has 0 aliphatic heterocycles. The Hall–Kier alpha value is -2.62. The Balaban J connectivity index is 2.40. The number of aryl methyl sites for hydroxylation is 1. The maximum absolute atomic E-state index is 12.9. The molecule has 0 radical (unpaired) electrons. The van der Waals surface area contributed by atoms with Gasteiger partial charge < -0.3 is 10.0 Å². The lowest BCUT2D eigenvalue weighted by molar-refractivity contribution is -0.119. The summed E-state index contributed by atoms with van der Waals surface area (Å²) in [5.41, 5.74) is 3.05. The Bertz CT molecular complexity index is 752. The molecule has 132 valence electrons. The van der Waals surface area contributed by atoms with Crippen LogP contribution in [0.5, 0.6) is 0 Å². The summed E-state index contributed by atoms with van der Waals surface area (Å²) in [7, 11) is 0. The fourth-order valence-electron chi connectivity index (χ4n) is 2.83. The zero-order chi connectivity index (χ0) is 18.4. The quantitative estimate of drug-likeness (QED) is 0.806. The summed E-state index contributed by atoms with van der Waals surface area (Å²) >= 11 is 0. The van der Waals surface area contributed by atoms with E-state index in [4.69, 9.17) is 0 Å². The number of carbonyl (C=O) groups is 2. The molecular weight excluding hydrogens is 314 g/mol. The zero-order valence-corrected chi connectivity index (χ0v) is 15.0. The number of aromatic carboxylic acids is 1. The molecule has 0 aromatic heterocycles. The first-order valence-electron chi connectivity index (χ1n) is 8.62. The highest BCUT2D eigenvalue weighted by molar-refractivity contribution is 5.94. The average molecular weight is 339 g/mol. The number of benzene rings is 2. The minimum atomic E-state index is -0.962. The van der Waals surface area contributed by atoms with E-state index in [0.29, 0.717) is 13.0 Å². The van der Waals surface area contributed by atoms with Gasteiger partial charge >= 0.3 is 5.97 Å². The van der Waals surface area contributed by atoms with Crippen molar-refractivity contribution in [3.05, 3.63) is 65.2 Å². The number of rotatable bonds is 7. The zero-order valence-electron chi connectivity index (χ0n) is 15.0. The van der Waals surface area contributed by atoms with Crippen molar-refractivity contribution in [2.45, 2.75) is 40.2 Å². The summed E-state index contributed by atoms with van der Waals surface area (Å²) in [5.74, 6) is -0.651. The van der Waals surface area contributed by atoms with Crippen LogP contribution in [0.1, 0.15) is 48.7 Å². The second-order valence-electron chi connectivity index (χ2n) is 6.57. The van der Waals surface area contributed by atoms with Crippen molar-refractivity contribution in [3.8, 4) is 0 Å². The number of hydrogen-bond donors (Lipinski definition) is 1. The second kappa shape index (κ2) is 8.47. The third kappa shape index (κ3) is 4.92. The first-order chi connectivity index (χ1) is 11.9. The van der Waals surface area contributed by atoms with Crippen LogP contribution in [0.15, 0.2) is 48.5 Å². The van der Waals surface area contributed by atoms with Gasteiger partial charge in [-0.05, 0) is 41.7 Å². The molecule has 2 aromatic carbocycles. The summed E-state index contributed by atoms with van der Waals surface area (Å²) in [4.78, 5) is 25.8. The van der Waals surface area contributed by atoms with Crippen molar-refractivity contribution in [1.82, 2.24) is 0 Å². The van der Waals surface area contributed by atoms with Crippen molar-refractivity contribution in [2.24, 2.45) is 5.92 Å². The molecule has 0 spiro atoms. The fraction of sp³-hybridized carbons (Fsp3) is 0.333. The van der Waals surface area contributed by atoms with Crippen molar-refractivity contribution in [3.63, 3.8) is 0 Å². The molecule has 1 N–H and O–H groups in total. The van der Waals surface area contributed by atoms with Gasteiger partial charge in [-0.25, -0.2) is 4.79 Å². The Kier molecular flexibility index (Phi) is 6.34. The summed E-state index contributed by atoms with van der Waals surface area (Å²) in [5, 5.41) is 9.19. The van der Waals surface area contributed by atoms with Crippen LogP contribution in [-0.4, -0.2) is 17.0 Å². The van der Waals surface area contributed by atoms with E-state index in [2.05, 4.69) is 6.92 Å². The van der Waals surface area contributed by atoms with Crippen LogP contribution < -0.4 is 4.90 Å². The molecule has 0 atom stereocenters. The van der Waals surface area contributed by atoms with Gasteiger partial charge in [0, 0.05) is 12.1 Å². The Labute approximate surface area is 149 Å². The molecular formula is C21H25NO3. The largest absolute Gasteiger partial charge is 0.478 e. The maximum atomic E-state index is 12.9. The molecule has 0 saturated heterocycles. The number of amides is 1. The van der Waals surface area contributed by atoms with E-state index in [0.717, 1.165) is 23.2 Å². The summed E-state index contributed by atoms with van der Waals surface area (Å²) < 4.78 is 0. The van der Waals surface area contributed by atoms with E-state index < -0.39 is 5.97 Å². The minimum Gasteiger partial charge on any atom is -0.478 e. The highest BCUT2D eigenvalue weighted by Gasteiger charge is 2.20. The van der Waals surface area contributed by atoms with Crippen molar-refractivity contribution < 1.29 is 14.7 Å². The lowest BCUT2D eigenvalue weighted by atomic mass is 10.0. The predicted molar refractivity (Wildman–Crippen MR) is 99.9 cm³/mol. The molecule has 0 heterocycles. The van der Waals surface area contributed by atoms with Gasteiger partial charge in [-0.2, -0.15) is 0 Å². The smallest absolute Gasteiger partial charge is 0.335 e. The molecule has 2 rings (SSSR count). The molecule has 2 aromatic rings. The normalized spacial score (nSPS) is 10.7. The first-order valence-corrected chi connectivity index (χ1v) is 8.62. The van der Waals surface area contributed by atoms with E-state index in [1.807, 2.05) is 44.2 Å². The van der Waals surface area contributed by atoms with E-state index in [-0.39, 0.29) is 17.4 Å². The van der Waals surface area contributed by atoms with Crippen LogP contribution >= 0.6 is 0 Å². The fourth-order valence-corrected chi connectivity index (χ4v) is 2.83.